The van der Waals surface area contributed by atoms with Crippen LogP contribution in [0.4, 0.5) is 24.5 Å². The van der Waals surface area contributed by atoms with Crippen molar-refractivity contribution < 1.29 is 18.0 Å². The first-order valence-electron chi connectivity index (χ1n) is 8.75. The molecule has 0 bridgehead atoms. The second kappa shape index (κ2) is 7.43. The highest BCUT2D eigenvalue weighted by atomic mass is 19.4. The van der Waals surface area contributed by atoms with E-state index in [0.29, 0.717) is 16.6 Å². The molecule has 2 aromatic heterocycles. The minimum atomic E-state index is -4.60. The van der Waals surface area contributed by atoms with E-state index in [0.717, 1.165) is 6.20 Å². The minimum Gasteiger partial charge on any atom is -0.350 e. The summed E-state index contributed by atoms with van der Waals surface area (Å²) >= 11 is 0. The molecule has 2 aromatic carbocycles. The number of carbonyl (C=O) groups is 1. The number of aromatic nitrogens is 2. The molecule has 0 unspecified atom stereocenters. The number of amides is 1. The predicted molar refractivity (Wildman–Crippen MR) is 106 cm³/mol. The predicted octanol–water partition coefficient (Wildman–Crippen LogP) is 5.90. The fourth-order valence-electron chi connectivity index (χ4n) is 3.12. The normalized spacial score (nSPS) is 11.4. The summed E-state index contributed by atoms with van der Waals surface area (Å²) in [6.45, 7) is 0. The largest absolute Gasteiger partial charge is 0.433 e. The van der Waals surface area contributed by atoms with E-state index in [1.165, 1.54) is 36.4 Å². The third kappa shape index (κ3) is 3.77. The Morgan fingerprint density at radius 3 is 2.63 bits per heavy atom. The number of H-pyrrole nitrogens is 1. The summed E-state index contributed by atoms with van der Waals surface area (Å²) in [5.41, 5.74) is 0.534. The molecular formula is C21H13F3N4O2. The second-order valence-electron chi connectivity index (χ2n) is 6.48. The van der Waals surface area contributed by atoms with Crippen molar-refractivity contribution in [3.63, 3.8) is 0 Å². The number of hydrogen-bond acceptors (Lipinski definition) is 4. The van der Waals surface area contributed by atoms with Crippen molar-refractivity contribution in [2.45, 2.75) is 6.18 Å². The van der Waals surface area contributed by atoms with Crippen molar-refractivity contribution in [3.05, 3.63) is 83.2 Å². The summed E-state index contributed by atoms with van der Waals surface area (Å²) in [6, 6.07) is 15.1. The second-order valence-corrected chi connectivity index (χ2v) is 6.48. The fraction of sp³-hybridized carbons (Fsp3) is 0.0476. The summed E-state index contributed by atoms with van der Waals surface area (Å²) in [6.07, 6.45) is -3.52. The van der Waals surface area contributed by atoms with Crippen LogP contribution in [0, 0.1) is 4.91 Å². The van der Waals surface area contributed by atoms with Gasteiger partial charge in [0, 0.05) is 28.4 Å². The van der Waals surface area contributed by atoms with E-state index in [2.05, 4.69) is 20.5 Å². The number of nitrogens with one attached hydrogen (secondary N) is 2. The molecule has 2 N–H and O–H groups in total. The van der Waals surface area contributed by atoms with Gasteiger partial charge in [-0.05, 0) is 47.1 Å². The molecule has 0 saturated carbocycles. The average molecular weight is 410 g/mol. The van der Waals surface area contributed by atoms with Crippen LogP contribution in [-0.2, 0) is 6.18 Å². The van der Waals surface area contributed by atoms with Gasteiger partial charge in [-0.25, -0.2) is 0 Å². The first-order valence-corrected chi connectivity index (χ1v) is 8.75. The van der Waals surface area contributed by atoms with Crippen LogP contribution in [0.1, 0.15) is 16.2 Å². The molecule has 0 radical (unpaired) electrons. The number of hydrogen-bond donors (Lipinski definition) is 2. The van der Waals surface area contributed by atoms with Gasteiger partial charge in [-0.3, -0.25) is 9.78 Å². The third-order valence-electron chi connectivity index (χ3n) is 4.46. The zero-order valence-corrected chi connectivity index (χ0v) is 15.2. The Labute approximate surface area is 167 Å². The highest BCUT2D eigenvalue weighted by Crippen LogP contribution is 2.36. The van der Waals surface area contributed by atoms with Gasteiger partial charge in [0.25, 0.3) is 5.91 Å². The average Bonchev–Trinajstić information content (AvgIpc) is 3.17. The van der Waals surface area contributed by atoms with E-state index in [-0.39, 0.29) is 22.5 Å². The lowest BCUT2D eigenvalue weighted by Crippen LogP contribution is -2.12. The number of benzene rings is 2. The van der Waals surface area contributed by atoms with Gasteiger partial charge in [-0.15, -0.1) is 4.91 Å². The third-order valence-corrected chi connectivity index (χ3v) is 4.46. The smallest absolute Gasteiger partial charge is 0.350 e. The van der Waals surface area contributed by atoms with Crippen LogP contribution in [-0.4, -0.2) is 15.9 Å². The van der Waals surface area contributed by atoms with E-state index >= 15 is 0 Å². The van der Waals surface area contributed by atoms with Crippen LogP contribution >= 0.6 is 0 Å². The number of aromatic amines is 1. The first-order chi connectivity index (χ1) is 14.3. The van der Waals surface area contributed by atoms with Crippen molar-refractivity contribution in [1.82, 2.24) is 9.97 Å². The number of nitroso groups, excluding NO2 is 1. The topological polar surface area (TPSA) is 87.2 Å². The molecule has 0 aliphatic rings. The fourth-order valence-corrected chi connectivity index (χ4v) is 3.12. The van der Waals surface area contributed by atoms with Crippen molar-refractivity contribution >= 4 is 28.2 Å². The number of fused-ring (bicyclic) bond motifs is 1. The van der Waals surface area contributed by atoms with Gasteiger partial charge in [-0.2, -0.15) is 13.2 Å². The number of alkyl halides is 3. The van der Waals surface area contributed by atoms with E-state index in [1.54, 1.807) is 24.3 Å². The molecule has 2 heterocycles. The molecule has 4 aromatic rings. The highest BCUT2D eigenvalue weighted by molar-refractivity contribution is 6.06. The summed E-state index contributed by atoms with van der Waals surface area (Å²) in [5, 5.41) is 6.22. The standard InChI is InChI=1S/C21H13F3N4O2/c22-21(23,24)19-16(5-2-8-25-19)12-3-1-4-14(9-12)26-20(29)18-10-13-6-7-15(28-30)11-17(13)27-18/h1-11,27H,(H,26,29). The SMILES string of the molecule is O=Nc1ccc2cc(C(=O)Nc3cccc(-c4cccnc4C(F)(F)F)c3)[nH]c2c1. The lowest BCUT2D eigenvalue weighted by molar-refractivity contribution is -0.140. The van der Waals surface area contributed by atoms with Crippen molar-refractivity contribution in [2.75, 3.05) is 5.32 Å². The molecule has 0 spiro atoms. The van der Waals surface area contributed by atoms with Crippen LogP contribution in [0.3, 0.4) is 0 Å². The maximum absolute atomic E-state index is 13.3. The Kier molecular flexibility index (Phi) is 4.78. The van der Waals surface area contributed by atoms with Crippen LogP contribution in [0.15, 0.2) is 72.0 Å². The Hall–Kier alpha value is -4.01. The van der Waals surface area contributed by atoms with Gasteiger partial charge < -0.3 is 10.3 Å². The van der Waals surface area contributed by atoms with Crippen molar-refractivity contribution in [2.24, 2.45) is 5.18 Å². The van der Waals surface area contributed by atoms with Gasteiger partial charge in [0.15, 0.2) is 5.69 Å². The molecule has 0 saturated heterocycles. The Morgan fingerprint density at radius 1 is 1.03 bits per heavy atom. The molecule has 0 fully saturated rings. The van der Waals surface area contributed by atoms with Gasteiger partial charge in [-0.1, -0.05) is 24.3 Å². The molecule has 150 valence electrons. The molecule has 6 nitrogen and oxygen atoms in total. The molecule has 0 aliphatic carbocycles. The zero-order valence-electron chi connectivity index (χ0n) is 15.2. The Bertz CT molecular complexity index is 1260. The van der Waals surface area contributed by atoms with Crippen LogP contribution in [0.2, 0.25) is 0 Å². The Balaban J connectivity index is 1.63. The maximum Gasteiger partial charge on any atom is 0.433 e. The highest BCUT2D eigenvalue weighted by Gasteiger charge is 2.35. The van der Waals surface area contributed by atoms with E-state index in [1.807, 2.05) is 0 Å². The minimum absolute atomic E-state index is 0.0828. The van der Waals surface area contributed by atoms with Crippen molar-refractivity contribution in [1.29, 1.82) is 0 Å². The quantitative estimate of drug-likeness (QED) is 0.411. The van der Waals surface area contributed by atoms with Crippen LogP contribution in [0.25, 0.3) is 22.0 Å². The van der Waals surface area contributed by atoms with Gasteiger partial charge >= 0.3 is 6.18 Å². The van der Waals surface area contributed by atoms with Gasteiger partial charge in [0.1, 0.15) is 11.4 Å². The number of rotatable bonds is 4. The number of carbonyl (C=O) groups excluding carboxylic acids is 1. The molecule has 0 atom stereocenters. The summed E-state index contributed by atoms with van der Waals surface area (Å²) in [4.78, 5) is 29.6. The van der Waals surface area contributed by atoms with Crippen LogP contribution in [0.5, 0.6) is 0 Å². The summed E-state index contributed by atoms with van der Waals surface area (Å²) < 4.78 is 39.8. The molecule has 9 heteroatoms. The van der Waals surface area contributed by atoms with Crippen LogP contribution < -0.4 is 5.32 Å². The summed E-state index contributed by atoms with van der Waals surface area (Å²) in [5.74, 6) is -0.480. The maximum atomic E-state index is 13.3. The molecule has 1 amide bonds. The van der Waals surface area contributed by atoms with Crippen molar-refractivity contribution in [3.8, 4) is 11.1 Å². The van der Waals surface area contributed by atoms with E-state index in [4.69, 9.17) is 0 Å². The molecule has 4 rings (SSSR count). The van der Waals surface area contributed by atoms with Gasteiger partial charge in [0.2, 0.25) is 0 Å². The number of nitrogens with zero attached hydrogens (tertiary/aromatic N) is 2. The first kappa shape index (κ1) is 19.3. The lowest BCUT2D eigenvalue weighted by Gasteiger charge is -2.12. The molecular weight excluding hydrogens is 397 g/mol. The molecule has 0 aliphatic heterocycles. The molecule has 30 heavy (non-hydrogen) atoms. The zero-order chi connectivity index (χ0) is 21.3. The number of anilines is 1. The number of halogens is 3. The van der Waals surface area contributed by atoms with Gasteiger partial charge in [0.05, 0.1) is 0 Å². The van der Waals surface area contributed by atoms with E-state index < -0.39 is 17.8 Å². The van der Waals surface area contributed by atoms with E-state index in [9.17, 15) is 22.9 Å². The summed E-state index contributed by atoms with van der Waals surface area (Å²) in [7, 11) is 0. The number of pyridine rings is 1. The lowest BCUT2D eigenvalue weighted by atomic mass is 10.0. The Morgan fingerprint density at radius 2 is 1.87 bits per heavy atom. The monoisotopic (exact) mass is 410 g/mol.